The van der Waals surface area contributed by atoms with Gasteiger partial charge in [-0.1, -0.05) is 42.0 Å². The second-order valence-electron chi connectivity index (χ2n) is 6.81. The number of pyridine rings is 1. The van der Waals surface area contributed by atoms with Gasteiger partial charge in [0.25, 0.3) is 5.91 Å². The van der Waals surface area contributed by atoms with E-state index in [0.29, 0.717) is 23.1 Å². The van der Waals surface area contributed by atoms with Gasteiger partial charge in [0.15, 0.2) is 11.6 Å². The van der Waals surface area contributed by atoms with Gasteiger partial charge in [-0.2, -0.15) is 0 Å². The number of likely N-dealkylation sites (N-methyl/N-ethyl adjacent to an activating group) is 1. The number of hydrogen-bond acceptors (Lipinski definition) is 6. The van der Waals surface area contributed by atoms with Gasteiger partial charge in [-0.3, -0.25) is 4.79 Å². The van der Waals surface area contributed by atoms with Crippen LogP contribution in [0.5, 0.6) is 5.75 Å². The molecule has 1 N–H and O–H groups in total. The number of ether oxygens (including phenoxy) is 1. The van der Waals surface area contributed by atoms with Gasteiger partial charge in [-0.05, 0) is 24.6 Å². The van der Waals surface area contributed by atoms with Crippen molar-refractivity contribution in [3.05, 3.63) is 65.9 Å². The summed E-state index contributed by atoms with van der Waals surface area (Å²) in [7, 11) is 1.80. The molecule has 1 aromatic carbocycles. The van der Waals surface area contributed by atoms with Gasteiger partial charge in [0.2, 0.25) is 5.82 Å². The molecule has 0 saturated carbocycles. The number of aryl methyl sites for hydroxylation is 1. The molecular weight excluding hydrogens is 388 g/mol. The van der Waals surface area contributed by atoms with Crippen LogP contribution in [0.25, 0.3) is 0 Å². The second-order valence-corrected chi connectivity index (χ2v) is 7.23. The lowest BCUT2D eigenvalue weighted by molar-refractivity contribution is 0.0927. The molecule has 2 aromatic heterocycles. The Kier molecular flexibility index (Phi) is 5.22. The van der Waals surface area contributed by atoms with Crippen LogP contribution in [0.1, 0.15) is 21.7 Å². The fourth-order valence-corrected chi connectivity index (χ4v) is 3.22. The third-order valence-corrected chi connectivity index (χ3v) is 5.17. The largest absolute Gasteiger partial charge is 0.487 e. The smallest absolute Gasteiger partial charge is 0.291 e. The first-order valence-electron chi connectivity index (χ1n) is 9.12. The molecule has 1 aliphatic heterocycles. The van der Waals surface area contributed by atoms with Crippen molar-refractivity contribution in [1.29, 1.82) is 0 Å². The van der Waals surface area contributed by atoms with E-state index >= 15 is 0 Å². The van der Waals surface area contributed by atoms with E-state index in [1.165, 1.54) is 5.56 Å². The SMILES string of the molecule is Cc1ccc(Cn2cnc(C(=O)N[C@H]3COc4cccnc4N(C)C3=S)n2)cc1. The number of rotatable bonds is 4. The molecule has 4 rings (SSSR count). The summed E-state index contributed by atoms with van der Waals surface area (Å²) in [5.41, 5.74) is 2.27. The van der Waals surface area contributed by atoms with Crippen molar-refractivity contribution in [2.75, 3.05) is 18.6 Å². The van der Waals surface area contributed by atoms with Crippen LogP contribution in [-0.2, 0) is 6.54 Å². The van der Waals surface area contributed by atoms with E-state index < -0.39 is 11.9 Å². The number of nitrogens with one attached hydrogen (secondary N) is 1. The number of amides is 1. The summed E-state index contributed by atoms with van der Waals surface area (Å²) in [5.74, 6) is 0.919. The van der Waals surface area contributed by atoms with Gasteiger partial charge < -0.3 is 15.0 Å². The van der Waals surface area contributed by atoms with E-state index in [1.54, 1.807) is 35.2 Å². The molecule has 9 heteroatoms. The maximum Gasteiger partial charge on any atom is 0.291 e. The Balaban J connectivity index is 1.44. The van der Waals surface area contributed by atoms with Crippen molar-refractivity contribution in [2.24, 2.45) is 0 Å². The van der Waals surface area contributed by atoms with Crippen molar-refractivity contribution in [3.8, 4) is 5.75 Å². The summed E-state index contributed by atoms with van der Waals surface area (Å²) in [4.78, 5) is 23.3. The quantitative estimate of drug-likeness (QED) is 0.661. The topological polar surface area (TPSA) is 85.2 Å². The highest BCUT2D eigenvalue weighted by atomic mass is 32.1. The molecule has 8 nitrogen and oxygen atoms in total. The van der Waals surface area contributed by atoms with Crippen molar-refractivity contribution in [3.63, 3.8) is 0 Å². The molecule has 148 valence electrons. The molecule has 0 bridgehead atoms. The van der Waals surface area contributed by atoms with Crippen LogP contribution in [0.15, 0.2) is 48.9 Å². The van der Waals surface area contributed by atoms with E-state index in [1.807, 2.05) is 37.3 Å². The van der Waals surface area contributed by atoms with Crippen molar-refractivity contribution in [2.45, 2.75) is 19.5 Å². The van der Waals surface area contributed by atoms with Gasteiger partial charge in [0, 0.05) is 13.2 Å². The fourth-order valence-electron chi connectivity index (χ4n) is 3.01. The van der Waals surface area contributed by atoms with E-state index in [-0.39, 0.29) is 12.4 Å². The molecule has 29 heavy (non-hydrogen) atoms. The number of carbonyl (C=O) groups is 1. The normalized spacial score (nSPS) is 16.0. The highest BCUT2D eigenvalue weighted by Gasteiger charge is 2.29. The molecule has 3 heterocycles. The first-order valence-corrected chi connectivity index (χ1v) is 9.53. The van der Waals surface area contributed by atoms with Crippen LogP contribution in [0.2, 0.25) is 0 Å². The Morgan fingerprint density at radius 1 is 1.28 bits per heavy atom. The number of hydrogen-bond donors (Lipinski definition) is 1. The lowest BCUT2D eigenvalue weighted by Crippen LogP contribution is -2.48. The van der Waals surface area contributed by atoms with Gasteiger partial charge >= 0.3 is 0 Å². The minimum atomic E-state index is -0.499. The molecule has 1 aliphatic rings. The van der Waals surface area contributed by atoms with Crippen LogP contribution in [-0.4, -0.2) is 50.3 Å². The summed E-state index contributed by atoms with van der Waals surface area (Å²) in [5, 5.41) is 7.15. The Labute approximate surface area is 173 Å². The summed E-state index contributed by atoms with van der Waals surface area (Å²) in [6.45, 7) is 2.78. The Morgan fingerprint density at radius 2 is 2.07 bits per heavy atom. The van der Waals surface area contributed by atoms with Gasteiger partial charge in [-0.25, -0.2) is 14.6 Å². The number of carbonyl (C=O) groups excluding carboxylic acids is 1. The molecule has 3 aromatic rings. The molecule has 0 saturated heterocycles. The van der Waals surface area contributed by atoms with Crippen LogP contribution < -0.4 is 15.0 Å². The number of fused-ring (bicyclic) bond motifs is 1. The lowest BCUT2D eigenvalue weighted by Gasteiger charge is -2.22. The van der Waals surface area contributed by atoms with Gasteiger partial charge in [-0.15, -0.1) is 5.10 Å². The summed E-state index contributed by atoms with van der Waals surface area (Å²) < 4.78 is 7.41. The first-order chi connectivity index (χ1) is 14.0. The number of benzene rings is 1. The molecule has 0 unspecified atom stereocenters. The van der Waals surface area contributed by atoms with Gasteiger partial charge in [0.05, 0.1) is 6.54 Å². The van der Waals surface area contributed by atoms with Crippen LogP contribution in [0, 0.1) is 6.92 Å². The third kappa shape index (κ3) is 4.09. The second kappa shape index (κ2) is 7.96. The van der Waals surface area contributed by atoms with Crippen LogP contribution in [0.3, 0.4) is 0 Å². The number of thiocarbonyl (C=S) groups is 1. The van der Waals surface area contributed by atoms with Crippen molar-refractivity contribution >= 4 is 28.9 Å². The predicted octanol–water partition coefficient (Wildman–Crippen LogP) is 1.98. The maximum absolute atomic E-state index is 12.7. The summed E-state index contributed by atoms with van der Waals surface area (Å²) >= 11 is 5.53. The zero-order chi connectivity index (χ0) is 20.4. The molecule has 0 fully saturated rings. The monoisotopic (exact) mass is 408 g/mol. The minimum absolute atomic E-state index is 0.0856. The van der Waals surface area contributed by atoms with Crippen LogP contribution >= 0.6 is 12.2 Å². The lowest BCUT2D eigenvalue weighted by atomic mass is 10.1. The summed E-state index contributed by atoms with van der Waals surface area (Å²) in [6, 6.07) is 11.2. The van der Waals surface area contributed by atoms with E-state index in [2.05, 4.69) is 20.4 Å². The van der Waals surface area contributed by atoms with E-state index in [4.69, 9.17) is 17.0 Å². The zero-order valence-electron chi connectivity index (χ0n) is 16.1. The van der Waals surface area contributed by atoms with Crippen molar-refractivity contribution in [1.82, 2.24) is 25.1 Å². The fraction of sp³-hybridized carbons (Fsp3) is 0.250. The third-order valence-electron chi connectivity index (χ3n) is 4.61. The number of nitrogens with zero attached hydrogens (tertiary/aromatic N) is 5. The van der Waals surface area contributed by atoms with Gasteiger partial charge in [0.1, 0.15) is 24.0 Å². The van der Waals surface area contributed by atoms with E-state index in [9.17, 15) is 4.79 Å². The van der Waals surface area contributed by atoms with Crippen LogP contribution in [0.4, 0.5) is 5.82 Å². The molecule has 0 aliphatic carbocycles. The molecule has 1 atom stereocenters. The molecule has 0 spiro atoms. The first kappa shape index (κ1) is 19.0. The Hall–Kier alpha value is -3.33. The number of anilines is 1. The average molecular weight is 408 g/mol. The Morgan fingerprint density at radius 3 is 2.86 bits per heavy atom. The Bertz CT molecular complexity index is 1050. The highest BCUT2D eigenvalue weighted by molar-refractivity contribution is 7.80. The predicted molar refractivity (Wildman–Crippen MR) is 112 cm³/mol. The highest BCUT2D eigenvalue weighted by Crippen LogP contribution is 2.27. The van der Waals surface area contributed by atoms with E-state index in [0.717, 1.165) is 5.56 Å². The van der Waals surface area contributed by atoms with Crippen molar-refractivity contribution < 1.29 is 9.53 Å². The minimum Gasteiger partial charge on any atom is -0.487 e. The molecule has 1 amide bonds. The average Bonchev–Trinajstić information content (AvgIpc) is 3.16. The standard InChI is InChI=1S/C20H20N6O2S/c1-13-5-7-14(8-6-13)10-26-12-22-17(24-26)19(27)23-15-11-28-16-4-3-9-21-18(16)25(2)20(15)29/h3-9,12,15H,10-11H2,1-2H3,(H,23,27)/t15-/m0/s1. The summed E-state index contributed by atoms with van der Waals surface area (Å²) in [6.07, 6.45) is 3.22. The zero-order valence-corrected chi connectivity index (χ0v) is 16.9. The molecular formula is C20H20N6O2S. The maximum atomic E-state index is 12.7. The number of aromatic nitrogens is 4. The molecule has 0 radical (unpaired) electrons.